The van der Waals surface area contributed by atoms with Crippen molar-refractivity contribution >= 4 is 0 Å². The molecular formula is C8H19NO2. The Morgan fingerprint density at radius 1 is 1.36 bits per heavy atom. The predicted molar refractivity (Wildman–Crippen MR) is 45.4 cm³/mol. The van der Waals surface area contributed by atoms with Gasteiger partial charge in [-0.05, 0) is 12.5 Å². The lowest BCUT2D eigenvalue weighted by Gasteiger charge is -2.12. The Balaban J connectivity index is 3.13. The van der Waals surface area contributed by atoms with Crippen molar-refractivity contribution < 1.29 is 10.2 Å². The molecule has 0 aliphatic rings. The van der Waals surface area contributed by atoms with Gasteiger partial charge in [-0.2, -0.15) is 0 Å². The van der Waals surface area contributed by atoms with Crippen LogP contribution < -0.4 is 5.32 Å². The zero-order valence-electron chi connectivity index (χ0n) is 7.38. The fraction of sp³-hybridized carbons (Fsp3) is 1.00. The molecule has 0 amide bonds. The van der Waals surface area contributed by atoms with Gasteiger partial charge in [-0.15, -0.1) is 0 Å². The van der Waals surface area contributed by atoms with E-state index in [1.807, 2.05) is 0 Å². The van der Waals surface area contributed by atoms with Crippen molar-refractivity contribution in [2.24, 2.45) is 5.92 Å². The van der Waals surface area contributed by atoms with Gasteiger partial charge in [-0.25, -0.2) is 0 Å². The lowest BCUT2D eigenvalue weighted by Crippen LogP contribution is -2.32. The van der Waals surface area contributed by atoms with Gasteiger partial charge in [0.05, 0.1) is 12.7 Å². The summed E-state index contributed by atoms with van der Waals surface area (Å²) in [4.78, 5) is 0. The Hall–Kier alpha value is -0.120. The molecule has 2 atom stereocenters. The second kappa shape index (κ2) is 6.58. The van der Waals surface area contributed by atoms with Crippen LogP contribution in [0.2, 0.25) is 0 Å². The summed E-state index contributed by atoms with van der Waals surface area (Å²) >= 11 is 0. The molecule has 0 saturated heterocycles. The third-order valence-electron chi connectivity index (χ3n) is 1.78. The summed E-state index contributed by atoms with van der Waals surface area (Å²) in [6, 6.07) is 0. The largest absolute Gasteiger partial charge is 0.394 e. The van der Waals surface area contributed by atoms with E-state index in [0.717, 1.165) is 13.0 Å². The fourth-order valence-corrected chi connectivity index (χ4v) is 0.705. The van der Waals surface area contributed by atoms with E-state index in [2.05, 4.69) is 19.2 Å². The molecule has 0 aromatic carbocycles. The highest BCUT2D eigenvalue weighted by Crippen LogP contribution is 1.96. The smallest absolute Gasteiger partial charge is 0.0894 e. The van der Waals surface area contributed by atoms with Crippen molar-refractivity contribution in [3.8, 4) is 0 Å². The lowest BCUT2D eigenvalue weighted by atomic mass is 10.1. The number of aliphatic hydroxyl groups is 2. The highest BCUT2D eigenvalue weighted by Gasteiger charge is 2.02. The summed E-state index contributed by atoms with van der Waals surface area (Å²) in [5.41, 5.74) is 0. The molecule has 11 heavy (non-hydrogen) atoms. The minimum absolute atomic E-state index is 0.159. The SMILES string of the molecule is CCC(C)CNC[C@H](O)CO. The molecule has 3 heteroatoms. The van der Waals surface area contributed by atoms with Crippen LogP contribution in [0.3, 0.4) is 0 Å². The molecular weight excluding hydrogens is 142 g/mol. The van der Waals surface area contributed by atoms with E-state index in [4.69, 9.17) is 10.2 Å². The number of hydrogen-bond donors (Lipinski definition) is 3. The van der Waals surface area contributed by atoms with Gasteiger partial charge in [0.15, 0.2) is 0 Å². The normalized spacial score (nSPS) is 16.4. The van der Waals surface area contributed by atoms with Crippen LogP contribution in [0.5, 0.6) is 0 Å². The van der Waals surface area contributed by atoms with Crippen LogP contribution in [0.4, 0.5) is 0 Å². The monoisotopic (exact) mass is 161 g/mol. The molecule has 0 heterocycles. The van der Waals surface area contributed by atoms with E-state index in [1.54, 1.807) is 0 Å². The average Bonchev–Trinajstić information content (AvgIpc) is 2.04. The summed E-state index contributed by atoms with van der Waals surface area (Å²) in [5.74, 6) is 0.640. The van der Waals surface area contributed by atoms with Gasteiger partial charge in [0.2, 0.25) is 0 Å². The van der Waals surface area contributed by atoms with Crippen molar-refractivity contribution in [3.63, 3.8) is 0 Å². The van der Waals surface area contributed by atoms with Crippen LogP contribution in [0.1, 0.15) is 20.3 Å². The lowest BCUT2D eigenvalue weighted by molar-refractivity contribution is 0.0937. The quantitative estimate of drug-likeness (QED) is 0.513. The van der Waals surface area contributed by atoms with Crippen molar-refractivity contribution in [1.29, 1.82) is 0 Å². The third-order valence-corrected chi connectivity index (χ3v) is 1.78. The Labute approximate surface area is 68.4 Å². The number of hydrogen-bond acceptors (Lipinski definition) is 3. The Morgan fingerprint density at radius 2 is 2.00 bits per heavy atom. The van der Waals surface area contributed by atoms with Gasteiger partial charge < -0.3 is 15.5 Å². The maximum Gasteiger partial charge on any atom is 0.0894 e. The summed E-state index contributed by atoms with van der Waals surface area (Å²) in [5, 5.41) is 20.5. The molecule has 0 saturated carbocycles. The highest BCUT2D eigenvalue weighted by molar-refractivity contribution is 4.59. The van der Waals surface area contributed by atoms with Crippen molar-refractivity contribution in [1.82, 2.24) is 5.32 Å². The van der Waals surface area contributed by atoms with E-state index in [-0.39, 0.29) is 6.61 Å². The van der Waals surface area contributed by atoms with E-state index in [9.17, 15) is 0 Å². The molecule has 3 N–H and O–H groups in total. The van der Waals surface area contributed by atoms with Crippen LogP contribution in [0, 0.1) is 5.92 Å². The Bertz CT molecular complexity index is 78.2. The molecule has 0 rings (SSSR count). The van der Waals surface area contributed by atoms with Crippen LogP contribution in [0.15, 0.2) is 0 Å². The Morgan fingerprint density at radius 3 is 2.45 bits per heavy atom. The summed E-state index contributed by atoms with van der Waals surface area (Å²) in [7, 11) is 0. The first-order chi connectivity index (χ1) is 5.20. The molecule has 0 fully saturated rings. The molecule has 1 unspecified atom stereocenters. The molecule has 0 bridgehead atoms. The molecule has 0 aliphatic carbocycles. The fourth-order valence-electron chi connectivity index (χ4n) is 0.705. The van der Waals surface area contributed by atoms with Gasteiger partial charge in [-0.3, -0.25) is 0 Å². The maximum absolute atomic E-state index is 8.93. The standard InChI is InChI=1S/C8H19NO2/c1-3-7(2)4-9-5-8(11)6-10/h7-11H,3-6H2,1-2H3/t7?,8-/m0/s1. The van der Waals surface area contributed by atoms with Crippen molar-refractivity contribution in [2.45, 2.75) is 26.4 Å². The van der Waals surface area contributed by atoms with Gasteiger partial charge in [-0.1, -0.05) is 20.3 Å². The maximum atomic E-state index is 8.93. The second-order valence-corrected chi connectivity index (χ2v) is 3.01. The summed E-state index contributed by atoms with van der Waals surface area (Å²) in [6.07, 6.45) is 0.529. The first-order valence-electron chi connectivity index (χ1n) is 4.20. The van der Waals surface area contributed by atoms with Crippen molar-refractivity contribution in [2.75, 3.05) is 19.7 Å². The van der Waals surface area contributed by atoms with Gasteiger partial charge in [0, 0.05) is 6.54 Å². The zero-order valence-corrected chi connectivity index (χ0v) is 7.38. The van der Waals surface area contributed by atoms with E-state index in [0.29, 0.717) is 12.5 Å². The minimum atomic E-state index is -0.612. The molecule has 68 valence electrons. The minimum Gasteiger partial charge on any atom is -0.394 e. The molecule has 0 radical (unpaired) electrons. The molecule has 3 nitrogen and oxygen atoms in total. The van der Waals surface area contributed by atoms with Gasteiger partial charge in [0.25, 0.3) is 0 Å². The average molecular weight is 161 g/mol. The summed E-state index contributed by atoms with van der Waals surface area (Å²) in [6.45, 7) is 5.52. The summed E-state index contributed by atoms with van der Waals surface area (Å²) < 4.78 is 0. The second-order valence-electron chi connectivity index (χ2n) is 3.01. The van der Waals surface area contributed by atoms with Crippen LogP contribution in [-0.2, 0) is 0 Å². The number of rotatable bonds is 6. The highest BCUT2D eigenvalue weighted by atomic mass is 16.3. The first-order valence-corrected chi connectivity index (χ1v) is 4.20. The number of aliphatic hydroxyl groups excluding tert-OH is 2. The first kappa shape index (κ1) is 10.9. The number of nitrogens with one attached hydrogen (secondary N) is 1. The topological polar surface area (TPSA) is 52.5 Å². The predicted octanol–water partition coefficient (Wildman–Crippen LogP) is -0.0247. The van der Waals surface area contributed by atoms with Crippen molar-refractivity contribution in [3.05, 3.63) is 0 Å². The Kier molecular flexibility index (Phi) is 6.51. The van der Waals surface area contributed by atoms with E-state index < -0.39 is 6.10 Å². The van der Waals surface area contributed by atoms with Crippen LogP contribution in [-0.4, -0.2) is 36.0 Å². The van der Waals surface area contributed by atoms with Crippen LogP contribution >= 0.6 is 0 Å². The molecule has 0 aromatic heterocycles. The van der Waals surface area contributed by atoms with E-state index in [1.165, 1.54) is 0 Å². The van der Waals surface area contributed by atoms with Gasteiger partial charge in [0.1, 0.15) is 0 Å². The van der Waals surface area contributed by atoms with E-state index >= 15 is 0 Å². The molecule has 0 aliphatic heterocycles. The molecule has 0 spiro atoms. The van der Waals surface area contributed by atoms with Crippen LogP contribution in [0.25, 0.3) is 0 Å². The third kappa shape index (κ3) is 6.28. The molecule has 0 aromatic rings. The zero-order chi connectivity index (χ0) is 8.69. The van der Waals surface area contributed by atoms with Gasteiger partial charge >= 0.3 is 0 Å².